The fourth-order valence-corrected chi connectivity index (χ4v) is 3.50. The molecule has 20 heavy (non-hydrogen) atoms. The number of carbonyl (C=O) groups is 1. The maximum absolute atomic E-state index is 12.1. The molecule has 0 bridgehead atoms. The molecule has 3 rings (SSSR count). The summed E-state index contributed by atoms with van der Waals surface area (Å²) < 4.78 is 1.17. The predicted octanol–water partition coefficient (Wildman–Crippen LogP) is 3.11. The van der Waals surface area contributed by atoms with Gasteiger partial charge in [-0.3, -0.25) is 4.79 Å². The monoisotopic (exact) mass is 289 g/mol. The quantitative estimate of drug-likeness (QED) is 0.924. The summed E-state index contributed by atoms with van der Waals surface area (Å²) in [6.07, 6.45) is 0.549. The molecule has 1 aromatic heterocycles. The minimum Gasteiger partial charge on any atom is -0.356 e. The predicted molar refractivity (Wildman–Crippen MR) is 83.1 cm³/mol. The Hall–Kier alpha value is -1.62. The van der Waals surface area contributed by atoms with E-state index in [-0.39, 0.29) is 17.5 Å². The van der Waals surface area contributed by atoms with Crippen LogP contribution in [0.4, 0.5) is 5.13 Å². The van der Waals surface area contributed by atoms with Crippen molar-refractivity contribution >= 4 is 32.6 Å². The zero-order valence-corrected chi connectivity index (χ0v) is 12.8. The first-order valence-electron chi connectivity index (χ1n) is 6.86. The van der Waals surface area contributed by atoms with E-state index in [1.807, 2.05) is 23.1 Å². The first-order chi connectivity index (χ1) is 9.43. The summed E-state index contributed by atoms with van der Waals surface area (Å²) in [6.45, 7) is 6.97. The molecule has 1 aromatic carbocycles. The molecule has 1 saturated heterocycles. The molecule has 0 aliphatic carbocycles. The van der Waals surface area contributed by atoms with Crippen LogP contribution in [0.15, 0.2) is 24.3 Å². The van der Waals surface area contributed by atoms with Gasteiger partial charge in [0.05, 0.1) is 16.3 Å². The Morgan fingerprint density at radius 3 is 2.75 bits per heavy atom. The van der Waals surface area contributed by atoms with Crippen LogP contribution in [0.5, 0.6) is 0 Å². The summed E-state index contributed by atoms with van der Waals surface area (Å²) >= 11 is 1.64. The largest absolute Gasteiger partial charge is 0.356 e. The Bertz CT molecular complexity index is 611. The van der Waals surface area contributed by atoms with E-state index in [1.54, 1.807) is 11.3 Å². The average Bonchev–Trinajstić information content (AvgIpc) is 2.91. The van der Waals surface area contributed by atoms with Gasteiger partial charge in [0, 0.05) is 18.5 Å². The molecule has 1 N–H and O–H groups in total. The molecule has 1 atom stereocenters. The molecular formula is C15H19N3OS. The maximum atomic E-state index is 12.1. The molecule has 2 aromatic rings. The lowest BCUT2D eigenvalue weighted by molar-refractivity contribution is -0.131. The fraction of sp³-hybridized carbons (Fsp3) is 0.467. The highest BCUT2D eigenvalue weighted by Gasteiger charge is 2.36. The van der Waals surface area contributed by atoms with Gasteiger partial charge >= 0.3 is 0 Å². The number of anilines is 1. The van der Waals surface area contributed by atoms with Crippen molar-refractivity contribution in [2.75, 3.05) is 11.9 Å². The Balaban J connectivity index is 1.74. The summed E-state index contributed by atoms with van der Waals surface area (Å²) in [4.78, 5) is 18.6. The first-order valence-corrected chi connectivity index (χ1v) is 7.68. The van der Waals surface area contributed by atoms with E-state index in [0.717, 1.165) is 17.2 Å². The molecule has 0 spiro atoms. The number of nitrogens with one attached hydrogen (secondary N) is 1. The first kappa shape index (κ1) is 13.4. The lowest BCUT2D eigenvalue weighted by Crippen LogP contribution is -2.43. The molecule has 5 heteroatoms. The highest BCUT2D eigenvalue weighted by molar-refractivity contribution is 7.22. The number of hydrogen-bond acceptors (Lipinski definition) is 4. The second-order valence-corrected chi connectivity index (χ2v) is 7.24. The number of benzene rings is 1. The molecule has 4 nitrogen and oxygen atoms in total. The van der Waals surface area contributed by atoms with Crippen molar-refractivity contribution in [1.29, 1.82) is 0 Å². The molecule has 0 radical (unpaired) electrons. The molecule has 1 amide bonds. The second-order valence-electron chi connectivity index (χ2n) is 6.21. The van der Waals surface area contributed by atoms with Gasteiger partial charge in [-0.15, -0.1) is 0 Å². The van der Waals surface area contributed by atoms with Crippen LogP contribution in [0.25, 0.3) is 10.2 Å². The Labute approximate surface area is 122 Å². The molecule has 1 aliphatic heterocycles. The number of hydrogen-bond donors (Lipinski definition) is 1. The van der Waals surface area contributed by atoms with Gasteiger partial charge in [-0.2, -0.15) is 0 Å². The van der Waals surface area contributed by atoms with Crippen molar-refractivity contribution in [3.63, 3.8) is 0 Å². The number of aromatic nitrogens is 1. The standard InChI is InChI=1S/C15H19N3OS/c1-15(2,3)18-9-10(8-13(18)19)16-14-17-11-6-4-5-7-12(11)20-14/h4-7,10H,8-9H2,1-3H3,(H,16,17). The number of fused-ring (bicyclic) bond motifs is 1. The Morgan fingerprint density at radius 2 is 2.10 bits per heavy atom. The molecule has 1 unspecified atom stereocenters. The van der Waals surface area contributed by atoms with Crippen LogP contribution < -0.4 is 5.32 Å². The Kier molecular flexibility index (Phi) is 3.17. The number of nitrogens with zero attached hydrogens (tertiary/aromatic N) is 2. The molecule has 1 aliphatic rings. The molecule has 2 heterocycles. The van der Waals surface area contributed by atoms with E-state index in [2.05, 4.69) is 37.1 Å². The zero-order valence-electron chi connectivity index (χ0n) is 12.0. The number of amides is 1. The van der Waals surface area contributed by atoms with Gasteiger partial charge in [-0.05, 0) is 32.9 Å². The summed E-state index contributed by atoms with van der Waals surface area (Å²) in [5.41, 5.74) is 0.901. The van der Waals surface area contributed by atoms with Crippen molar-refractivity contribution < 1.29 is 4.79 Å². The van der Waals surface area contributed by atoms with E-state index >= 15 is 0 Å². The van der Waals surface area contributed by atoms with Crippen LogP contribution in [-0.2, 0) is 4.79 Å². The van der Waals surface area contributed by atoms with Crippen LogP contribution in [-0.4, -0.2) is 33.9 Å². The SMILES string of the molecule is CC(C)(C)N1CC(Nc2nc3ccccc3s2)CC1=O. The highest BCUT2D eigenvalue weighted by atomic mass is 32.1. The summed E-state index contributed by atoms with van der Waals surface area (Å²) in [7, 11) is 0. The van der Waals surface area contributed by atoms with Gasteiger partial charge < -0.3 is 10.2 Å². The van der Waals surface area contributed by atoms with E-state index in [0.29, 0.717) is 6.42 Å². The van der Waals surface area contributed by atoms with Gasteiger partial charge in [-0.1, -0.05) is 23.5 Å². The molecular weight excluding hydrogens is 270 g/mol. The normalized spacial score (nSPS) is 19.9. The molecule has 0 saturated carbocycles. The third kappa shape index (κ3) is 2.50. The number of likely N-dealkylation sites (tertiary alicyclic amines) is 1. The minimum absolute atomic E-state index is 0.110. The van der Waals surface area contributed by atoms with Crippen LogP contribution in [0.3, 0.4) is 0 Å². The summed E-state index contributed by atoms with van der Waals surface area (Å²) in [6, 6.07) is 8.25. The van der Waals surface area contributed by atoms with Gasteiger partial charge in [0.2, 0.25) is 5.91 Å². The third-order valence-electron chi connectivity index (χ3n) is 3.56. The molecule has 106 valence electrons. The third-order valence-corrected chi connectivity index (χ3v) is 4.52. The smallest absolute Gasteiger partial charge is 0.225 e. The van der Waals surface area contributed by atoms with Gasteiger partial charge in [-0.25, -0.2) is 4.98 Å². The van der Waals surface area contributed by atoms with Crippen molar-refractivity contribution in [3.05, 3.63) is 24.3 Å². The van der Waals surface area contributed by atoms with Crippen molar-refractivity contribution in [2.24, 2.45) is 0 Å². The van der Waals surface area contributed by atoms with E-state index in [1.165, 1.54) is 4.70 Å². The van der Waals surface area contributed by atoms with Crippen molar-refractivity contribution in [1.82, 2.24) is 9.88 Å². The van der Waals surface area contributed by atoms with E-state index in [9.17, 15) is 4.79 Å². The zero-order chi connectivity index (χ0) is 14.3. The van der Waals surface area contributed by atoms with Crippen LogP contribution in [0, 0.1) is 0 Å². The summed E-state index contributed by atoms with van der Waals surface area (Å²) in [5, 5.41) is 4.31. The van der Waals surface area contributed by atoms with Crippen LogP contribution in [0.2, 0.25) is 0 Å². The molecule has 1 fully saturated rings. The topological polar surface area (TPSA) is 45.2 Å². The maximum Gasteiger partial charge on any atom is 0.225 e. The van der Waals surface area contributed by atoms with Crippen molar-refractivity contribution in [3.8, 4) is 0 Å². The minimum atomic E-state index is -0.110. The Morgan fingerprint density at radius 1 is 1.35 bits per heavy atom. The van der Waals surface area contributed by atoms with Gasteiger partial charge in [0.15, 0.2) is 5.13 Å². The van der Waals surface area contributed by atoms with Crippen LogP contribution in [0.1, 0.15) is 27.2 Å². The fourth-order valence-electron chi connectivity index (χ4n) is 2.56. The second kappa shape index (κ2) is 4.74. The van der Waals surface area contributed by atoms with E-state index < -0.39 is 0 Å². The number of thiazole rings is 1. The average molecular weight is 289 g/mol. The lowest BCUT2D eigenvalue weighted by Gasteiger charge is -2.32. The number of para-hydroxylation sites is 1. The number of carbonyl (C=O) groups excluding carboxylic acids is 1. The summed E-state index contributed by atoms with van der Waals surface area (Å²) in [5.74, 6) is 0.219. The van der Waals surface area contributed by atoms with Crippen LogP contribution >= 0.6 is 11.3 Å². The highest BCUT2D eigenvalue weighted by Crippen LogP contribution is 2.29. The lowest BCUT2D eigenvalue weighted by atomic mass is 10.1. The van der Waals surface area contributed by atoms with Crippen molar-refractivity contribution in [2.45, 2.75) is 38.8 Å². The van der Waals surface area contributed by atoms with Gasteiger partial charge in [0.1, 0.15) is 0 Å². The number of rotatable bonds is 2. The van der Waals surface area contributed by atoms with E-state index in [4.69, 9.17) is 0 Å². The van der Waals surface area contributed by atoms with Gasteiger partial charge in [0.25, 0.3) is 0 Å².